The summed E-state index contributed by atoms with van der Waals surface area (Å²) in [6, 6.07) is 30.5. The molecular weight excluding hydrogens is 416 g/mol. The summed E-state index contributed by atoms with van der Waals surface area (Å²) in [7, 11) is 1.58. The van der Waals surface area contributed by atoms with Gasteiger partial charge < -0.3 is 19.5 Å². The monoisotopic (exact) mass is 440 g/mol. The standard InChI is InChI=1S/C27H24N2O4/c1-31-23-13-8-14-24(17-23)32-19-25(30)29-22-15-16-26(28-18-22)33-27(20-9-4-2-5-10-20)21-11-6-3-7-12-21/h2-18,27H,19H2,1H3,(H,29,30). The van der Waals surface area contributed by atoms with E-state index in [1.807, 2.05) is 66.7 Å². The van der Waals surface area contributed by atoms with Crippen LogP contribution in [0.3, 0.4) is 0 Å². The molecule has 1 amide bonds. The van der Waals surface area contributed by atoms with Gasteiger partial charge in [-0.1, -0.05) is 66.7 Å². The van der Waals surface area contributed by atoms with Crippen molar-refractivity contribution in [2.45, 2.75) is 6.10 Å². The van der Waals surface area contributed by atoms with Crippen LogP contribution in [0.1, 0.15) is 17.2 Å². The van der Waals surface area contributed by atoms with Gasteiger partial charge in [0.25, 0.3) is 5.91 Å². The van der Waals surface area contributed by atoms with E-state index in [2.05, 4.69) is 10.3 Å². The molecule has 1 N–H and O–H groups in total. The lowest BCUT2D eigenvalue weighted by atomic mass is 10.0. The van der Waals surface area contributed by atoms with Crippen molar-refractivity contribution < 1.29 is 19.0 Å². The molecule has 0 atom stereocenters. The SMILES string of the molecule is COc1cccc(OCC(=O)Nc2ccc(OC(c3ccccc3)c3ccccc3)nc2)c1. The lowest BCUT2D eigenvalue weighted by Gasteiger charge is -2.19. The molecule has 1 aromatic heterocycles. The average molecular weight is 440 g/mol. The number of benzene rings is 3. The van der Waals surface area contributed by atoms with Crippen molar-refractivity contribution in [3.8, 4) is 17.4 Å². The Hall–Kier alpha value is -4.32. The molecule has 4 aromatic rings. The maximum atomic E-state index is 12.2. The van der Waals surface area contributed by atoms with E-state index in [0.717, 1.165) is 11.1 Å². The van der Waals surface area contributed by atoms with Crippen molar-refractivity contribution in [3.05, 3.63) is 114 Å². The molecule has 1 heterocycles. The Bertz CT molecular complexity index is 1130. The van der Waals surface area contributed by atoms with Crippen molar-refractivity contribution in [1.82, 2.24) is 4.98 Å². The highest BCUT2D eigenvalue weighted by molar-refractivity contribution is 5.91. The highest BCUT2D eigenvalue weighted by atomic mass is 16.5. The number of pyridine rings is 1. The molecule has 0 spiro atoms. The molecule has 6 heteroatoms. The molecule has 0 radical (unpaired) electrons. The zero-order valence-corrected chi connectivity index (χ0v) is 18.2. The van der Waals surface area contributed by atoms with Crippen LogP contribution in [-0.2, 0) is 4.79 Å². The van der Waals surface area contributed by atoms with E-state index >= 15 is 0 Å². The van der Waals surface area contributed by atoms with Crippen LogP contribution in [0.25, 0.3) is 0 Å². The predicted octanol–water partition coefficient (Wildman–Crippen LogP) is 5.28. The zero-order valence-electron chi connectivity index (χ0n) is 18.2. The number of carbonyl (C=O) groups is 1. The summed E-state index contributed by atoms with van der Waals surface area (Å²) in [5.41, 5.74) is 2.60. The van der Waals surface area contributed by atoms with E-state index in [4.69, 9.17) is 14.2 Å². The fraction of sp³-hybridized carbons (Fsp3) is 0.111. The van der Waals surface area contributed by atoms with Gasteiger partial charge in [0, 0.05) is 12.1 Å². The summed E-state index contributed by atoms with van der Waals surface area (Å²) in [5.74, 6) is 1.38. The third kappa shape index (κ3) is 6.11. The van der Waals surface area contributed by atoms with Crippen molar-refractivity contribution in [2.75, 3.05) is 19.0 Å². The minimum atomic E-state index is -0.295. The number of rotatable bonds is 9. The van der Waals surface area contributed by atoms with Gasteiger partial charge in [-0.25, -0.2) is 4.98 Å². The predicted molar refractivity (Wildman–Crippen MR) is 127 cm³/mol. The molecule has 0 saturated heterocycles. The Morgan fingerprint density at radius 1 is 0.848 bits per heavy atom. The van der Waals surface area contributed by atoms with Crippen LogP contribution in [0.15, 0.2) is 103 Å². The van der Waals surface area contributed by atoms with Gasteiger partial charge in [-0.3, -0.25) is 4.79 Å². The Kier molecular flexibility index (Phi) is 7.18. The van der Waals surface area contributed by atoms with E-state index in [1.165, 1.54) is 0 Å². The van der Waals surface area contributed by atoms with Crippen molar-refractivity contribution in [2.24, 2.45) is 0 Å². The van der Waals surface area contributed by atoms with E-state index in [-0.39, 0.29) is 18.6 Å². The molecular formula is C27H24N2O4. The molecule has 0 fully saturated rings. The number of methoxy groups -OCH3 is 1. The molecule has 0 bridgehead atoms. The Morgan fingerprint density at radius 2 is 1.52 bits per heavy atom. The van der Waals surface area contributed by atoms with Crippen molar-refractivity contribution >= 4 is 11.6 Å². The van der Waals surface area contributed by atoms with Gasteiger partial charge in [0.2, 0.25) is 5.88 Å². The number of anilines is 1. The van der Waals surface area contributed by atoms with Crippen LogP contribution < -0.4 is 19.5 Å². The minimum absolute atomic E-state index is 0.129. The summed E-state index contributed by atoms with van der Waals surface area (Å²) in [6.45, 7) is -0.129. The highest BCUT2D eigenvalue weighted by Gasteiger charge is 2.16. The fourth-order valence-corrected chi connectivity index (χ4v) is 3.27. The van der Waals surface area contributed by atoms with Gasteiger partial charge >= 0.3 is 0 Å². The third-order valence-corrected chi connectivity index (χ3v) is 4.87. The lowest BCUT2D eigenvalue weighted by molar-refractivity contribution is -0.118. The second-order valence-corrected chi connectivity index (χ2v) is 7.22. The van der Waals surface area contributed by atoms with Gasteiger partial charge in [-0.2, -0.15) is 0 Å². The fourth-order valence-electron chi connectivity index (χ4n) is 3.27. The van der Waals surface area contributed by atoms with E-state index in [0.29, 0.717) is 23.1 Å². The number of hydrogen-bond donors (Lipinski definition) is 1. The van der Waals surface area contributed by atoms with Crippen LogP contribution in [0.4, 0.5) is 5.69 Å². The molecule has 0 aliphatic carbocycles. The molecule has 33 heavy (non-hydrogen) atoms. The van der Waals surface area contributed by atoms with Crippen LogP contribution >= 0.6 is 0 Å². The number of ether oxygens (including phenoxy) is 3. The number of carbonyl (C=O) groups excluding carboxylic acids is 1. The number of amides is 1. The van der Waals surface area contributed by atoms with E-state index in [9.17, 15) is 4.79 Å². The Balaban J connectivity index is 1.38. The molecule has 0 saturated carbocycles. The first-order valence-electron chi connectivity index (χ1n) is 10.5. The molecule has 0 aliphatic heterocycles. The number of nitrogens with one attached hydrogen (secondary N) is 1. The van der Waals surface area contributed by atoms with E-state index in [1.54, 1.807) is 43.6 Å². The molecule has 0 unspecified atom stereocenters. The molecule has 166 valence electrons. The number of nitrogens with zero attached hydrogens (tertiary/aromatic N) is 1. The summed E-state index contributed by atoms with van der Waals surface area (Å²) in [4.78, 5) is 16.6. The Morgan fingerprint density at radius 3 is 2.12 bits per heavy atom. The highest BCUT2D eigenvalue weighted by Crippen LogP contribution is 2.27. The smallest absolute Gasteiger partial charge is 0.262 e. The van der Waals surface area contributed by atoms with Crippen LogP contribution in [0.5, 0.6) is 17.4 Å². The van der Waals surface area contributed by atoms with Crippen LogP contribution in [0, 0.1) is 0 Å². The van der Waals surface area contributed by atoms with Gasteiger partial charge in [0.15, 0.2) is 12.7 Å². The zero-order chi connectivity index (χ0) is 22.9. The van der Waals surface area contributed by atoms with E-state index < -0.39 is 0 Å². The molecule has 4 rings (SSSR count). The first kappa shape index (κ1) is 21.9. The average Bonchev–Trinajstić information content (AvgIpc) is 2.88. The van der Waals surface area contributed by atoms with Gasteiger partial charge in [-0.15, -0.1) is 0 Å². The van der Waals surface area contributed by atoms with Gasteiger partial charge in [-0.05, 0) is 29.3 Å². The second-order valence-electron chi connectivity index (χ2n) is 7.22. The lowest BCUT2D eigenvalue weighted by Crippen LogP contribution is -2.20. The minimum Gasteiger partial charge on any atom is -0.497 e. The quantitative estimate of drug-likeness (QED) is 0.384. The maximum Gasteiger partial charge on any atom is 0.262 e. The molecule has 0 aliphatic rings. The maximum absolute atomic E-state index is 12.2. The van der Waals surface area contributed by atoms with Gasteiger partial charge in [0.05, 0.1) is 19.0 Å². The second kappa shape index (κ2) is 10.8. The van der Waals surface area contributed by atoms with Crippen molar-refractivity contribution in [3.63, 3.8) is 0 Å². The van der Waals surface area contributed by atoms with Gasteiger partial charge in [0.1, 0.15) is 11.5 Å². The summed E-state index contributed by atoms with van der Waals surface area (Å²) < 4.78 is 16.9. The van der Waals surface area contributed by atoms with Crippen LogP contribution in [-0.4, -0.2) is 24.6 Å². The van der Waals surface area contributed by atoms with Crippen molar-refractivity contribution in [1.29, 1.82) is 0 Å². The first-order chi connectivity index (χ1) is 16.2. The number of aromatic nitrogens is 1. The number of hydrogen-bond acceptors (Lipinski definition) is 5. The Labute approximate surface area is 192 Å². The molecule has 3 aromatic carbocycles. The summed E-state index contributed by atoms with van der Waals surface area (Å²) in [5, 5.41) is 2.77. The summed E-state index contributed by atoms with van der Waals surface area (Å²) >= 11 is 0. The first-order valence-corrected chi connectivity index (χ1v) is 10.5. The summed E-state index contributed by atoms with van der Waals surface area (Å²) in [6.07, 6.45) is 1.27. The third-order valence-electron chi connectivity index (χ3n) is 4.87. The topological polar surface area (TPSA) is 69.7 Å². The largest absolute Gasteiger partial charge is 0.497 e. The van der Waals surface area contributed by atoms with Crippen LogP contribution in [0.2, 0.25) is 0 Å². The molecule has 6 nitrogen and oxygen atoms in total. The normalized spacial score (nSPS) is 10.5.